The molecule has 29 heavy (non-hydrogen) atoms. The van der Waals surface area contributed by atoms with Crippen molar-refractivity contribution in [3.63, 3.8) is 0 Å². The lowest BCUT2D eigenvalue weighted by Gasteiger charge is -2.18. The summed E-state index contributed by atoms with van der Waals surface area (Å²) in [7, 11) is 1.63. The van der Waals surface area contributed by atoms with E-state index < -0.39 is 0 Å². The predicted molar refractivity (Wildman–Crippen MR) is 118 cm³/mol. The lowest BCUT2D eigenvalue weighted by Crippen LogP contribution is -2.35. The standard InChI is InChI=1S/C24H32N2O3/c1-5-6-7-8-16-29-21-14-12-20(13-15-21)24(28)26(4)17-22(27)25-23-18(2)10-9-11-19(23)3/h9-15H,5-8,16-17H2,1-4H3,(H,25,27). The Bertz CT molecular complexity index is 795. The van der Waals surface area contributed by atoms with Gasteiger partial charge in [0.15, 0.2) is 0 Å². The van der Waals surface area contributed by atoms with Crippen LogP contribution in [-0.2, 0) is 4.79 Å². The number of benzene rings is 2. The van der Waals surface area contributed by atoms with Crippen LogP contribution >= 0.6 is 0 Å². The third-order valence-corrected chi connectivity index (χ3v) is 4.84. The zero-order valence-electron chi connectivity index (χ0n) is 18.0. The number of unbranched alkanes of at least 4 members (excludes halogenated alkanes) is 3. The average molecular weight is 397 g/mol. The fraction of sp³-hybridized carbons (Fsp3) is 0.417. The molecule has 0 aliphatic carbocycles. The van der Waals surface area contributed by atoms with Gasteiger partial charge in [0.1, 0.15) is 5.75 Å². The second-order valence-electron chi connectivity index (χ2n) is 7.41. The summed E-state index contributed by atoms with van der Waals surface area (Å²) in [4.78, 5) is 26.4. The molecule has 0 saturated carbocycles. The molecule has 0 atom stereocenters. The Balaban J connectivity index is 1.86. The van der Waals surface area contributed by atoms with E-state index in [2.05, 4.69) is 12.2 Å². The molecular formula is C24H32N2O3. The Hall–Kier alpha value is -2.82. The molecule has 156 valence electrons. The molecule has 1 N–H and O–H groups in total. The highest BCUT2D eigenvalue weighted by atomic mass is 16.5. The molecule has 0 radical (unpaired) electrons. The van der Waals surface area contributed by atoms with E-state index >= 15 is 0 Å². The van der Waals surface area contributed by atoms with E-state index in [4.69, 9.17) is 4.74 Å². The highest BCUT2D eigenvalue weighted by molar-refractivity contribution is 5.99. The maximum absolute atomic E-state index is 12.6. The van der Waals surface area contributed by atoms with Crippen LogP contribution in [0.5, 0.6) is 5.75 Å². The minimum absolute atomic E-state index is 0.0116. The van der Waals surface area contributed by atoms with E-state index in [0.29, 0.717) is 12.2 Å². The van der Waals surface area contributed by atoms with Crippen LogP contribution in [0.2, 0.25) is 0 Å². The maximum Gasteiger partial charge on any atom is 0.254 e. The monoisotopic (exact) mass is 396 g/mol. The highest BCUT2D eigenvalue weighted by Gasteiger charge is 2.16. The Kier molecular flexibility index (Phi) is 8.71. The van der Waals surface area contributed by atoms with Gasteiger partial charge in [0, 0.05) is 18.3 Å². The normalized spacial score (nSPS) is 10.5. The van der Waals surface area contributed by atoms with Crippen LogP contribution in [0.3, 0.4) is 0 Å². The smallest absolute Gasteiger partial charge is 0.254 e. The van der Waals surface area contributed by atoms with E-state index in [-0.39, 0.29) is 18.4 Å². The number of amides is 2. The van der Waals surface area contributed by atoms with Crippen molar-refractivity contribution in [3.8, 4) is 5.75 Å². The van der Waals surface area contributed by atoms with Crippen molar-refractivity contribution in [3.05, 3.63) is 59.2 Å². The topological polar surface area (TPSA) is 58.6 Å². The quantitative estimate of drug-likeness (QED) is 0.577. The van der Waals surface area contributed by atoms with Gasteiger partial charge in [0.2, 0.25) is 5.91 Å². The summed E-state index contributed by atoms with van der Waals surface area (Å²) in [5, 5.41) is 2.91. The minimum Gasteiger partial charge on any atom is -0.494 e. The third kappa shape index (κ3) is 6.93. The van der Waals surface area contributed by atoms with Crippen LogP contribution in [0.15, 0.2) is 42.5 Å². The number of hydrogen-bond acceptors (Lipinski definition) is 3. The van der Waals surface area contributed by atoms with Gasteiger partial charge in [-0.2, -0.15) is 0 Å². The molecule has 0 spiro atoms. The largest absolute Gasteiger partial charge is 0.494 e. The van der Waals surface area contributed by atoms with Crippen LogP contribution in [0, 0.1) is 13.8 Å². The molecule has 0 unspecified atom stereocenters. The second-order valence-corrected chi connectivity index (χ2v) is 7.41. The molecule has 2 aromatic carbocycles. The Morgan fingerprint density at radius 2 is 1.62 bits per heavy atom. The van der Waals surface area contributed by atoms with Crippen LogP contribution in [0.4, 0.5) is 5.69 Å². The van der Waals surface area contributed by atoms with Gasteiger partial charge in [-0.15, -0.1) is 0 Å². The molecule has 2 amide bonds. The van der Waals surface area contributed by atoms with Crippen molar-refractivity contribution in [2.45, 2.75) is 46.5 Å². The van der Waals surface area contributed by atoms with Crippen molar-refractivity contribution in [2.75, 3.05) is 25.5 Å². The van der Waals surface area contributed by atoms with E-state index in [0.717, 1.165) is 29.0 Å². The van der Waals surface area contributed by atoms with Crippen molar-refractivity contribution < 1.29 is 14.3 Å². The van der Waals surface area contributed by atoms with Gasteiger partial charge in [-0.25, -0.2) is 0 Å². The van der Waals surface area contributed by atoms with E-state index in [1.54, 1.807) is 31.3 Å². The predicted octanol–water partition coefficient (Wildman–Crippen LogP) is 4.97. The fourth-order valence-electron chi connectivity index (χ4n) is 3.11. The van der Waals surface area contributed by atoms with E-state index in [9.17, 15) is 9.59 Å². The number of nitrogens with zero attached hydrogens (tertiary/aromatic N) is 1. The van der Waals surface area contributed by atoms with Gasteiger partial charge in [0.05, 0.1) is 13.2 Å². The molecule has 2 aromatic rings. The minimum atomic E-state index is -0.217. The first-order valence-electron chi connectivity index (χ1n) is 10.3. The molecule has 0 bridgehead atoms. The lowest BCUT2D eigenvalue weighted by molar-refractivity contribution is -0.116. The molecule has 0 saturated heterocycles. The molecule has 0 aliphatic rings. The number of anilines is 1. The van der Waals surface area contributed by atoms with Gasteiger partial charge in [0.25, 0.3) is 5.91 Å². The van der Waals surface area contributed by atoms with Gasteiger partial charge < -0.3 is 15.0 Å². The van der Waals surface area contributed by atoms with E-state index in [1.807, 2.05) is 32.0 Å². The molecule has 0 aliphatic heterocycles. The van der Waals surface area contributed by atoms with Crippen molar-refractivity contribution in [1.29, 1.82) is 0 Å². The van der Waals surface area contributed by atoms with Crippen molar-refractivity contribution in [2.24, 2.45) is 0 Å². The Morgan fingerprint density at radius 1 is 0.966 bits per heavy atom. The molecule has 0 aromatic heterocycles. The summed E-state index contributed by atoms with van der Waals surface area (Å²) < 4.78 is 5.71. The Morgan fingerprint density at radius 3 is 2.24 bits per heavy atom. The average Bonchev–Trinajstić information content (AvgIpc) is 2.70. The summed E-state index contributed by atoms with van der Waals surface area (Å²) in [5.74, 6) is 0.343. The fourth-order valence-corrected chi connectivity index (χ4v) is 3.11. The number of carbonyl (C=O) groups excluding carboxylic acids is 2. The molecule has 2 rings (SSSR count). The summed E-state index contributed by atoms with van der Waals surface area (Å²) in [6.07, 6.45) is 4.63. The number of aryl methyl sites for hydroxylation is 2. The maximum atomic E-state index is 12.6. The Labute approximate surface area is 174 Å². The lowest BCUT2D eigenvalue weighted by atomic mass is 10.1. The van der Waals surface area contributed by atoms with Gasteiger partial charge in [-0.1, -0.05) is 44.4 Å². The summed E-state index contributed by atoms with van der Waals surface area (Å²) >= 11 is 0. The van der Waals surface area contributed by atoms with Gasteiger partial charge in [-0.05, 0) is 55.7 Å². The molecule has 5 nitrogen and oxygen atoms in total. The zero-order valence-corrected chi connectivity index (χ0v) is 18.0. The van der Waals surface area contributed by atoms with Crippen LogP contribution in [-0.4, -0.2) is 36.9 Å². The number of likely N-dealkylation sites (N-methyl/N-ethyl adjacent to an activating group) is 1. The molecular weight excluding hydrogens is 364 g/mol. The number of nitrogens with one attached hydrogen (secondary N) is 1. The second kappa shape index (κ2) is 11.2. The van der Waals surface area contributed by atoms with Crippen LogP contribution < -0.4 is 10.1 Å². The SMILES string of the molecule is CCCCCCOc1ccc(C(=O)N(C)CC(=O)Nc2c(C)cccc2C)cc1. The summed E-state index contributed by atoms with van der Waals surface area (Å²) in [5.41, 5.74) is 3.33. The first-order chi connectivity index (χ1) is 13.9. The van der Waals surface area contributed by atoms with E-state index in [1.165, 1.54) is 24.2 Å². The van der Waals surface area contributed by atoms with Crippen molar-refractivity contribution >= 4 is 17.5 Å². The molecule has 0 fully saturated rings. The summed E-state index contributed by atoms with van der Waals surface area (Å²) in [6.45, 7) is 6.75. The number of hydrogen-bond donors (Lipinski definition) is 1. The molecule has 0 heterocycles. The number of ether oxygens (including phenoxy) is 1. The first kappa shape index (κ1) is 22.5. The first-order valence-corrected chi connectivity index (χ1v) is 10.3. The molecule has 5 heteroatoms. The van der Waals surface area contributed by atoms with Crippen LogP contribution in [0.25, 0.3) is 0 Å². The van der Waals surface area contributed by atoms with Crippen LogP contribution in [0.1, 0.15) is 54.1 Å². The van der Waals surface area contributed by atoms with Gasteiger partial charge >= 0.3 is 0 Å². The zero-order chi connectivity index (χ0) is 21.2. The number of rotatable bonds is 10. The summed E-state index contributed by atoms with van der Waals surface area (Å²) in [6, 6.07) is 12.9. The van der Waals surface area contributed by atoms with Crippen molar-refractivity contribution in [1.82, 2.24) is 4.90 Å². The highest BCUT2D eigenvalue weighted by Crippen LogP contribution is 2.19. The number of para-hydroxylation sites is 1. The number of carbonyl (C=O) groups is 2. The third-order valence-electron chi connectivity index (χ3n) is 4.84. The van der Waals surface area contributed by atoms with Gasteiger partial charge in [-0.3, -0.25) is 9.59 Å².